The maximum Gasteiger partial charge on any atom is 0.145 e. The molecule has 0 aliphatic heterocycles. The Morgan fingerprint density at radius 3 is 2.73 bits per heavy atom. The number of hydrogen-bond acceptors (Lipinski definition) is 2. The van der Waals surface area contributed by atoms with Crippen LogP contribution in [0.5, 0.6) is 0 Å². The molecule has 2 nitrogen and oxygen atoms in total. The van der Waals surface area contributed by atoms with Crippen molar-refractivity contribution in [3.63, 3.8) is 0 Å². The van der Waals surface area contributed by atoms with Crippen LogP contribution in [-0.4, -0.2) is 12.9 Å². The predicted molar refractivity (Wildman–Crippen MR) is 56.5 cm³/mol. The number of ketones is 1. The first-order valence-corrected chi connectivity index (χ1v) is 4.87. The Kier molecular flexibility index (Phi) is 4.24. The van der Waals surface area contributed by atoms with E-state index in [4.69, 9.17) is 16.3 Å². The van der Waals surface area contributed by atoms with Gasteiger partial charge in [0, 0.05) is 13.5 Å². The van der Waals surface area contributed by atoms with Gasteiger partial charge in [0.15, 0.2) is 0 Å². The van der Waals surface area contributed by atoms with Gasteiger partial charge in [-0.05, 0) is 24.1 Å². The van der Waals surface area contributed by atoms with E-state index in [1.54, 1.807) is 13.2 Å². The summed E-state index contributed by atoms with van der Waals surface area (Å²) in [6, 6.07) is 3.11. The Balaban J connectivity index is 3.06. The van der Waals surface area contributed by atoms with Crippen LogP contribution in [-0.2, 0) is 22.6 Å². The largest absolute Gasteiger partial charge is 0.380 e. The van der Waals surface area contributed by atoms with Crippen LogP contribution in [0.4, 0.5) is 4.39 Å². The van der Waals surface area contributed by atoms with Gasteiger partial charge < -0.3 is 4.74 Å². The molecule has 1 rings (SSSR count). The summed E-state index contributed by atoms with van der Waals surface area (Å²) in [5, 5.41) is 0.0285. The van der Waals surface area contributed by atoms with Crippen LogP contribution in [0.1, 0.15) is 18.1 Å². The second kappa shape index (κ2) is 5.24. The zero-order valence-corrected chi connectivity index (χ0v) is 9.40. The monoisotopic (exact) mass is 230 g/mol. The molecule has 0 radical (unpaired) electrons. The predicted octanol–water partition coefficient (Wildman–Crippen LogP) is 2.76. The third-order valence-electron chi connectivity index (χ3n) is 1.91. The van der Waals surface area contributed by atoms with Gasteiger partial charge in [0.25, 0.3) is 0 Å². The second-order valence-electron chi connectivity index (χ2n) is 3.36. The van der Waals surface area contributed by atoms with Crippen molar-refractivity contribution in [2.24, 2.45) is 0 Å². The lowest BCUT2D eigenvalue weighted by Crippen LogP contribution is -2.02. The maximum atomic E-state index is 13.5. The molecular formula is C11H12ClFO2. The minimum atomic E-state index is -0.522. The van der Waals surface area contributed by atoms with Gasteiger partial charge in [-0.3, -0.25) is 4.79 Å². The summed E-state index contributed by atoms with van der Waals surface area (Å²) < 4.78 is 18.4. The van der Waals surface area contributed by atoms with Crippen molar-refractivity contribution in [1.29, 1.82) is 0 Å². The SMILES string of the molecule is COCc1cc(Cl)c(F)c(CC(C)=O)c1. The molecule has 0 saturated heterocycles. The molecule has 0 amide bonds. The number of Topliss-reactive ketones (excluding diaryl/α,β-unsaturated/α-hetero) is 1. The van der Waals surface area contributed by atoms with Crippen LogP contribution in [0.2, 0.25) is 5.02 Å². The lowest BCUT2D eigenvalue weighted by Gasteiger charge is -2.06. The van der Waals surface area contributed by atoms with Gasteiger partial charge in [-0.25, -0.2) is 4.39 Å². The molecule has 15 heavy (non-hydrogen) atoms. The molecule has 0 bridgehead atoms. The number of methoxy groups -OCH3 is 1. The highest BCUT2D eigenvalue weighted by atomic mass is 35.5. The van der Waals surface area contributed by atoms with Crippen molar-refractivity contribution >= 4 is 17.4 Å². The topological polar surface area (TPSA) is 26.3 Å². The van der Waals surface area contributed by atoms with Gasteiger partial charge in [-0.2, -0.15) is 0 Å². The molecule has 0 N–H and O–H groups in total. The Bertz CT molecular complexity index is 377. The number of halogens is 2. The van der Waals surface area contributed by atoms with Crippen LogP contribution in [0.15, 0.2) is 12.1 Å². The van der Waals surface area contributed by atoms with E-state index in [0.717, 1.165) is 5.56 Å². The molecule has 0 aromatic heterocycles. The fraction of sp³-hybridized carbons (Fsp3) is 0.364. The Hall–Kier alpha value is -0.930. The highest BCUT2D eigenvalue weighted by Gasteiger charge is 2.10. The molecule has 0 aliphatic carbocycles. The summed E-state index contributed by atoms with van der Waals surface area (Å²) in [6.45, 7) is 1.77. The van der Waals surface area contributed by atoms with Crippen molar-refractivity contribution in [1.82, 2.24) is 0 Å². The van der Waals surface area contributed by atoms with E-state index in [0.29, 0.717) is 12.2 Å². The van der Waals surface area contributed by atoms with E-state index in [1.165, 1.54) is 13.0 Å². The summed E-state index contributed by atoms with van der Waals surface area (Å²) in [7, 11) is 1.54. The normalized spacial score (nSPS) is 10.4. The zero-order valence-electron chi connectivity index (χ0n) is 8.64. The van der Waals surface area contributed by atoms with Gasteiger partial charge in [-0.1, -0.05) is 17.7 Å². The molecule has 0 heterocycles. The summed E-state index contributed by atoms with van der Waals surface area (Å²) in [6.07, 6.45) is 0.0586. The summed E-state index contributed by atoms with van der Waals surface area (Å²) >= 11 is 5.70. The molecule has 4 heteroatoms. The van der Waals surface area contributed by atoms with Crippen LogP contribution in [0.3, 0.4) is 0 Å². The van der Waals surface area contributed by atoms with Crippen LogP contribution < -0.4 is 0 Å². The number of ether oxygens (including phenoxy) is 1. The highest BCUT2D eigenvalue weighted by Crippen LogP contribution is 2.22. The van der Waals surface area contributed by atoms with E-state index in [1.807, 2.05) is 0 Å². The number of benzene rings is 1. The van der Waals surface area contributed by atoms with Crippen molar-refractivity contribution < 1.29 is 13.9 Å². The minimum Gasteiger partial charge on any atom is -0.380 e. The van der Waals surface area contributed by atoms with Crippen LogP contribution >= 0.6 is 11.6 Å². The van der Waals surface area contributed by atoms with Crippen molar-refractivity contribution in [3.8, 4) is 0 Å². The summed E-state index contributed by atoms with van der Waals surface area (Å²) in [5.41, 5.74) is 1.09. The quantitative estimate of drug-likeness (QED) is 0.795. The van der Waals surface area contributed by atoms with Crippen LogP contribution in [0.25, 0.3) is 0 Å². The first kappa shape index (κ1) is 12.1. The minimum absolute atomic E-state index is 0.0285. The average molecular weight is 231 g/mol. The third kappa shape index (κ3) is 3.29. The smallest absolute Gasteiger partial charge is 0.145 e. The number of carbonyl (C=O) groups is 1. The van der Waals surface area contributed by atoms with E-state index in [9.17, 15) is 9.18 Å². The van der Waals surface area contributed by atoms with Gasteiger partial charge in [0.2, 0.25) is 0 Å². The van der Waals surface area contributed by atoms with E-state index >= 15 is 0 Å². The Morgan fingerprint density at radius 2 is 2.20 bits per heavy atom. The first-order valence-electron chi connectivity index (χ1n) is 4.49. The molecule has 0 unspecified atom stereocenters. The van der Waals surface area contributed by atoms with Gasteiger partial charge >= 0.3 is 0 Å². The van der Waals surface area contributed by atoms with Crippen molar-refractivity contribution in [2.75, 3.05) is 7.11 Å². The molecule has 0 aliphatic rings. The molecule has 1 aromatic rings. The van der Waals surface area contributed by atoms with E-state index < -0.39 is 5.82 Å². The lowest BCUT2D eigenvalue weighted by atomic mass is 10.1. The van der Waals surface area contributed by atoms with Gasteiger partial charge in [0.1, 0.15) is 11.6 Å². The number of carbonyl (C=O) groups excluding carboxylic acids is 1. The Morgan fingerprint density at radius 1 is 1.53 bits per heavy atom. The fourth-order valence-corrected chi connectivity index (χ4v) is 1.62. The third-order valence-corrected chi connectivity index (χ3v) is 2.19. The number of hydrogen-bond donors (Lipinski definition) is 0. The fourth-order valence-electron chi connectivity index (χ4n) is 1.36. The van der Waals surface area contributed by atoms with Crippen molar-refractivity contribution in [2.45, 2.75) is 20.0 Å². The molecule has 1 aromatic carbocycles. The van der Waals surface area contributed by atoms with Gasteiger partial charge in [0.05, 0.1) is 11.6 Å². The molecular weight excluding hydrogens is 219 g/mol. The Labute approximate surface area is 93.0 Å². The highest BCUT2D eigenvalue weighted by molar-refractivity contribution is 6.30. The molecule has 0 atom stereocenters. The maximum absolute atomic E-state index is 13.5. The van der Waals surface area contributed by atoms with E-state index in [-0.39, 0.29) is 17.2 Å². The molecule has 0 fully saturated rings. The van der Waals surface area contributed by atoms with Crippen molar-refractivity contribution in [3.05, 3.63) is 34.1 Å². The zero-order chi connectivity index (χ0) is 11.4. The van der Waals surface area contributed by atoms with Gasteiger partial charge in [-0.15, -0.1) is 0 Å². The first-order chi connectivity index (χ1) is 7.04. The summed E-state index contributed by atoms with van der Waals surface area (Å²) in [5.74, 6) is -0.619. The van der Waals surface area contributed by atoms with E-state index in [2.05, 4.69) is 0 Å². The molecule has 82 valence electrons. The average Bonchev–Trinajstić information content (AvgIpc) is 2.13. The molecule has 0 spiro atoms. The second-order valence-corrected chi connectivity index (χ2v) is 3.77. The lowest BCUT2D eigenvalue weighted by molar-refractivity contribution is -0.116. The number of rotatable bonds is 4. The summed E-state index contributed by atoms with van der Waals surface area (Å²) in [4.78, 5) is 10.9. The standard InChI is InChI=1S/C11H12ClFO2/c1-7(14)3-9-4-8(6-15-2)5-10(12)11(9)13/h4-5H,3,6H2,1-2H3. The molecule has 0 saturated carbocycles. The van der Waals surface area contributed by atoms with Crippen LogP contribution in [0, 0.1) is 5.82 Å².